The van der Waals surface area contributed by atoms with E-state index in [1.165, 1.54) is 23.1 Å². The zero-order chi connectivity index (χ0) is 22.1. The van der Waals surface area contributed by atoms with Crippen LogP contribution in [0.15, 0.2) is 63.9 Å². The molecule has 156 valence electrons. The number of nitro groups is 1. The standard InChI is InChI=1S/C22H15ClN2O5S/c1-13-3-2-4-14(9-13)12-24-21(26)20(31-22(24)27)11-16-6-8-19(30-16)15-5-7-17(23)18(10-15)25(28)29/h2-11H,12H2,1H3/b20-11+. The van der Waals surface area contributed by atoms with E-state index in [1.54, 1.807) is 18.2 Å². The van der Waals surface area contributed by atoms with Gasteiger partial charge in [-0.05, 0) is 48.5 Å². The summed E-state index contributed by atoms with van der Waals surface area (Å²) < 4.78 is 5.72. The van der Waals surface area contributed by atoms with Gasteiger partial charge in [0.25, 0.3) is 16.8 Å². The number of nitrogens with zero attached hydrogens (tertiary/aromatic N) is 2. The maximum Gasteiger partial charge on any atom is 0.293 e. The van der Waals surface area contributed by atoms with Gasteiger partial charge in [-0.1, -0.05) is 41.4 Å². The van der Waals surface area contributed by atoms with Gasteiger partial charge < -0.3 is 4.42 Å². The van der Waals surface area contributed by atoms with Crippen molar-refractivity contribution in [3.05, 3.63) is 91.5 Å². The summed E-state index contributed by atoms with van der Waals surface area (Å²) in [4.78, 5) is 37.0. The van der Waals surface area contributed by atoms with Crippen LogP contribution in [0.25, 0.3) is 17.4 Å². The van der Waals surface area contributed by atoms with E-state index in [0.29, 0.717) is 17.1 Å². The van der Waals surface area contributed by atoms with Gasteiger partial charge in [-0.15, -0.1) is 0 Å². The highest BCUT2D eigenvalue weighted by Gasteiger charge is 2.35. The summed E-state index contributed by atoms with van der Waals surface area (Å²) in [6.07, 6.45) is 1.50. The molecule has 0 radical (unpaired) electrons. The van der Waals surface area contributed by atoms with Gasteiger partial charge in [0.1, 0.15) is 16.5 Å². The Labute approximate surface area is 186 Å². The summed E-state index contributed by atoms with van der Waals surface area (Å²) >= 11 is 6.69. The number of amides is 2. The van der Waals surface area contributed by atoms with E-state index >= 15 is 0 Å². The molecule has 2 aromatic carbocycles. The van der Waals surface area contributed by atoms with E-state index in [9.17, 15) is 19.7 Å². The smallest absolute Gasteiger partial charge is 0.293 e. The van der Waals surface area contributed by atoms with E-state index < -0.39 is 10.8 Å². The maximum absolute atomic E-state index is 12.7. The van der Waals surface area contributed by atoms with E-state index in [1.807, 2.05) is 31.2 Å². The van der Waals surface area contributed by atoms with Crippen LogP contribution in [0.4, 0.5) is 10.5 Å². The zero-order valence-electron chi connectivity index (χ0n) is 16.2. The second-order valence-corrected chi connectivity index (χ2v) is 8.28. The third kappa shape index (κ3) is 4.40. The lowest BCUT2D eigenvalue weighted by atomic mass is 10.1. The summed E-state index contributed by atoms with van der Waals surface area (Å²) in [5, 5.41) is 10.8. The average molecular weight is 455 g/mol. The molecule has 31 heavy (non-hydrogen) atoms. The van der Waals surface area contributed by atoms with E-state index in [0.717, 1.165) is 22.9 Å². The van der Waals surface area contributed by atoms with Crippen LogP contribution in [-0.2, 0) is 11.3 Å². The normalized spacial score (nSPS) is 15.2. The van der Waals surface area contributed by atoms with Crippen LogP contribution in [0.3, 0.4) is 0 Å². The largest absolute Gasteiger partial charge is 0.457 e. The molecule has 0 bridgehead atoms. The number of carbonyl (C=O) groups excluding carboxylic acids is 2. The monoisotopic (exact) mass is 454 g/mol. The number of hydrogen-bond donors (Lipinski definition) is 0. The van der Waals surface area contributed by atoms with Crippen LogP contribution in [0.5, 0.6) is 0 Å². The Morgan fingerprint density at radius 3 is 2.71 bits per heavy atom. The second-order valence-electron chi connectivity index (χ2n) is 6.88. The number of hydrogen-bond acceptors (Lipinski definition) is 6. The molecule has 0 spiro atoms. The number of rotatable bonds is 5. The van der Waals surface area contributed by atoms with Gasteiger partial charge >= 0.3 is 0 Å². The van der Waals surface area contributed by atoms with Crippen LogP contribution >= 0.6 is 23.4 Å². The molecule has 1 saturated heterocycles. The Bertz CT molecular complexity index is 1250. The number of halogens is 1. The quantitative estimate of drug-likeness (QED) is 0.264. The van der Waals surface area contributed by atoms with Crippen molar-refractivity contribution in [3.63, 3.8) is 0 Å². The molecule has 2 heterocycles. The highest BCUT2D eigenvalue weighted by Crippen LogP contribution is 2.35. The molecule has 0 aliphatic carbocycles. The van der Waals surface area contributed by atoms with Gasteiger partial charge in [0.05, 0.1) is 16.4 Å². The van der Waals surface area contributed by atoms with E-state index in [2.05, 4.69) is 0 Å². The molecule has 9 heteroatoms. The minimum Gasteiger partial charge on any atom is -0.457 e. The Morgan fingerprint density at radius 1 is 1.16 bits per heavy atom. The average Bonchev–Trinajstić information content (AvgIpc) is 3.29. The molecule has 1 fully saturated rings. The summed E-state index contributed by atoms with van der Waals surface area (Å²) in [6, 6.07) is 15.2. The van der Waals surface area contributed by atoms with Crippen molar-refractivity contribution >= 4 is 46.3 Å². The van der Waals surface area contributed by atoms with Crippen molar-refractivity contribution in [1.29, 1.82) is 0 Å². The molecule has 1 aromatic heterocycles. The minimum atomic E-state index is -0.570. The number of furan rings is 1. The molecular weight excluding hydrogens is 440 g/mol. The first kappa shape index (κ1) is 20.9. The zero-order valence-corrected chi connectivity index (χ0v) is 17.8. The molecule has 2 amide bonds. The third-order valence-electron chi connectivity index (χ3n) is 4.62. The fourth-order valence-corrected chi connectivity index (χ4v) is 4.15. The lowest BCUT2D eigenvalue weighted by molar-refractivity contribution is -0.384. The Morgan fingerprint density at radius 2 is 1.97 bits per heavy atom. The number of aryl methyl sites for hydroxylation is 1. The predicted octanol–water partition coefficient (Wildman–Crippen LogP) is 6.05. The predicted molar refractivity (Wildman–Crippen MR) is 119 cm³/mol. The summed E-state index contributed by atoms with van der Waals surface area (Å²) in [6.45, 7) is 2.14. The molecule has 0 N–H and O–H groups in total. The molecule has 7 nitrogen and oxygen atoms in total. The van der Waals surface area contributed by atoms with Gasteiger partial charge in [-0.3, -0.25) is 24.6 Å². The number of benzene rings is 2. The molecular formula is C22H15ClN2O5S. The number of nitro benzene ring substituents is 1. The molecule has 4 rings (SSSR count). The number of carbonyl (C=O) groups is 2. The molecule has 3 aromatic rings. The lowest BCUT2D eigenvalue weighted by Crippen LogP contribution is -2.27. The molecule has 0 unspecified atom stereocenters. The van der Waals surface area contributed by atoms with Gasteiger partial charge in [-0.2, -0.15) is 0 Å². The summed E-state index contributed by atoms with van der Waals surface area (Å²) in [5.41, 5.74) is 2.16. The van der Waals surface area contributed by atoms with Crippen LogP contribution < -0.4 is 0 Å². The lowest BCUT2D eigenvalue weighted by Gasteiger charge is -2.12. The highest BCUT2D eigenvalue weighted by atomic mass is 35.5. The van der Waals surface area contributed by atoms with Crippen molar-refractivity contribution in [1.82, 2.24) is 4.90 Å². The van der Waals surface area contributed by atoms with Gasteiger partial charge in [0.15, 0.2) is 0 Å². The first-order chi connectivity index (χ1) is 14.8. The van der Waals surface area contributed by atoms with Crippen molar-refractivity contribution in [2.24, 2.45) is 0 Å². The van der Waals surface area contributed by atoms with Crippen LogP contribution in [0.2, 0.25) is 5.02 Å². The number of thioether (sulfide) groups is 1. The Hall–Kier alpha value is -3.36. The third-order valence-corrected chi connectivity index (χ3v) is 5.85. The first-order valence-electron chi connectivity index (χ1n) is 9.17. The van der Waals surface area contributed by atoms with E-state index in [-0.39, 0.29) is 27.4 Å². The topological polar surface area (TPSA) is 93.7 Å². The molecule has 0 atom stereocenters. The van der Waals surface area contributed by atoms with Gasteiger partial charge in [-0.25, -0.2) is 0 Å². The second kappa shape index (κ2) is 8.41. The minimum absolute atomic E-state index is 0.0304. The van der Waals surface area contributed by atoms with Crippen LogP contribution in [0, 0.1) is 17.0 Å². The maximum atomic E-state index is 12.7. The Kier molecular flexibility index (Phi) is 5.67. The molecule has 0 saturated carbocycles. The molecule has 1 aliphatic heterocycles. The Balaban J connectivity index is 1.55. The van der Waals surface area contributed by atoms with Crippen molar-refractivity contribution in [3.8, 4) is 11.3 Å². The fourth-order valence-electron chi connectivity index (χ4n) is 3.15. The van der Waals surface area contributed by atoms with Crippen molar-refractivity contribution in [2.75, 3.05) is 0 Å². The van der Waals surface area contributed by atoms with Crippen LogP contribution in [0.1, 0.15) is 16.9 Å². The van der Waals surface area contributed by atoms with E-state index in [4.69, 9.17) is 16.0 Å². The van der Waals surface area contributed by atoms with Crippen LogP contribution in [-0.4, -0.2) is 21.0 Å². The fraction of sp³-hybridized carbons (Fsp3) is 0.0909. The number of imide groups is 1. The highest BCUT2D eigenvalue weighted by molar-refractivity contribution is 8.18. The van der Waals surface area contributed by atoms with Gasteiger partial charge in [0.2, 0.25) is 0 Å². The first-order valence-corrected chi connectivity index (χ1v) is 10.4. The summed E-state index contributed by atoms with van der Waals surface area (Å²) in [7, 11) is 0. The van der Waals surface area contributed by atoms with Crippen molar-refractivity contribution < 1.29 is 18.9 Å². The SMILES string of the molecule is Cc1cccc(CN2C(=O)S/C(=C/c3ccc(-c4ccc(Cl)c([N+](=O)[O-])c4)o3)C2=O)c1. The molecule has 1 aliphatic rings. The van der Waals surface area contributed by atoms with Gasteiger partial charge in [0, 0.05) is 17.7 Å². The van der Waals surface area contributed by atoms with Crippen molar-refractivity contribution in [2.45, 2.75) is 13.5 Å². The summed E-state index contributed by atoms with van der Waals surface area (Å²) in [5.74, 6) is 0.343.